The van der Waals surface area contributed by atoms with Crippen LogP contribution in [0.15, 0.2) is 95.3 Å². The molecule has 0 aliphatic heterocycles. The smallest absolute Gasteiger partial charge is 0.432 e. The van der Waals surface area contributed by atoms with Crippen LogP contribution in [0.4, 0.5) is 39.5 Å². The van der Waals surface area contributed by atoms with E-state index in [2.05, 4.69) is 27.9 Å². The number of alkyl halides is 7. The van der Waals surface area contributed by atoms with Gasteiger partial charge in [0.05, 0.1) is 16.3 Å². The third-order valence-electron chi connectivity index (χ3n) is 6.86. The van der Waals surface area contributed by atoms with Crippen molar-refractivity contribution >= 4 is 28.8 Å². The summed E-state index contributed by atoms with van der Waals surface area (Å²) >= 11 is 11.7. The Morgan fingerprint density at radius 2 is 1.76 bits per heavy atom. The molecule has 1 aromatic rings. The molecule has 0 bridgehead atoms. The molecule has 0 heterocycles. The van der Waals surface area contributed by atoms with Crippen LogP contribution in [0, 0.1) is 29.5 Å². The fraction of sp³-hybridized carbons (Fsp3) is 0.312. The van der Waals surface area contributed by atoms with Gasteiger partial charge in [-0.1, -0.05) is 41.7 Å². The van der Waals surface area contributed by atoms with E-state index in [0.29, 0.717) is 36.6 Å². The molecule has 13 heteroatoms. The number of allylic oxidation sites excluding steroid dienone is 9. The van der Waals surface area contributed by atoms with Crippen molar-refractivity contribution in [2.45, 2.75) is 49.4 Å². The van der Waals surface area contributed by atoms with Crippen LogP contribution >= 0.6 is 23.2 Å². The Morgan fingerprint density at radius 3 is 2.36 bits per heavy atom. The maximum Gasteiger partial charge on any atom is 0.523 e. The molecule has 5 unspecified atom stereocenters. The van der Waals surface area contributed by atoms with E-state index in [-0.39, 0.29) is 23.1 Å². The van der Waals surface area contributed by atoms with E-state index >= 15 is 8.78 Å². The molecule has 2 nitrogen and oxygen atoms in total. The molecule has 0 radical (unpaired) electrons. The Hall–Kier alpha value is -3.33. The summed E-state index contributed by atoms with van der Waals surface area (Å²) < 4.78 is 135. The molecular formula is C32H23Cl2F9O2. The van der Waals surface area contributed by atoms with Crippen molar-refractivity contribution in [1.82, 2.24) is 0 Å². The summed E-state index contributed by atoms with van der Waals surface area (Å²) in [6.45, 7) is 3.58. The second kappa shape index (κ2) is 14.0. The van der Waals surface area contributed by atoms with Gasteiger partial charge >= 0.3 is 12.5 Å². The molecule has 0 aromatic heterocycles. The Kier molecular flexibility index (Phi) is 10.7. The van der Waals surface area contributed by atoms with Crippen molar-refractivity contribution in [2.75, 3.05) is 0 Å². The maximum atomic E-state index is 15.0. The SMILES string of the molecule is C=CCCc1ccc(C2=CC(F)C(C(F)(F)OC3=CCC(C#CC4=CC(Cl)C(OC(F)(F)F)C(Cl)=C4)C(F)=C3)C(F)=C2)c(F)c1. The third kappa shape index (κ3) is 8.69. The zero-order chi connectivity index (χ0) is 33.1. The fourth-order valence-corrected chi connectivity index (χ4v) is 5.39. The van der Waals surface area contributed by atoms with Gasteiger partial charge in [0.25, 0.3) is 0 Å². The van der Waals surface area contributed by atoms with Gasteiger partial charge in [0.2, 0.25) is 0 Å². The molecule has 5 atom stereocenters. The quantitative estimate of drug-likeness (QED) is 0.118. The van der Waals surface area contributed by atoms with E-state index in [1.54, 1.807) is 12.1 Å². The number of hydrogen-bond donors (Lipinski definition) is 0. The number of aryl methyl sites for hydroxylation is 1. The van der Waals surface area contributed by atoms with Crippen LogP contribution in [-0.2, 0) is 15.9 Å². The van der Waals surface area contributed by atoms with Gasteiger partial charge in [-0.25, -0.2) is 17.6 Å². The largest absolute Gasteiger partial charge is 0.523 e. The van der Waals surface area contributed by atoms with Crippen LogP contribution < -0.4 is 0 Å². The van der Waals surface area contributed by atoms with E-state index < -0.39 is 70.2 Å². The molecular weight excluding hydrogens is 658 g/mol. The van der Waals surface area contributed by atoms with Crippen molar-refractivity contribution in [3.8, 4) is 11.8 Å². The first kappa shape index (κ1) is 34.5. The fourth-order valence-electron chi connectivity index (χ4n) is 4.70. The van der Waals surface area contributed by atoms with Gasteiger partial charge in [-0.05, 0) is 66.8 Å². The average Bonchev–Trinajstić information content (AvgIpc) is 2.92. The molecule has 0 saturated heterocycles. The normalized spacial score (nSPS) is 25.4. The molecule has 0 N–H and O–H groups in total. The van der Waals surface area contributed by atoms with E-state index in [4.69, 9.17) is 23.2 Å². The van der Waals surface area contributed by atoms with Crippen molar-refractivity contribution in [2.24, 2.45) is 11.8 Å². The number of ether oxygens (including phenoxy) is 2. The van der Waals surface area contributed by atoms with Gasteiger partial charge < -0.3 is 4.74 Å². The summed E-state index contributed by atoms with van der Waals surface area (Å²) in [6, 6.07) is 4.04. The van der Waals surface area contributed by atoms with Crippen LogP contribution in [0.2, 0.25) is 0 Å². The predicted octanol–water partition coefficient (Wildman–Crippen LogP) is 10.1. The lowest BCUT2D eigenvalue weighted by Gasteiger charge is -2.30. The lowest BCUT2D eigenvalue weighted by molar-refractivity contribution is -0.336. The van der Waals surface area contributed by atoms with Gasteiger partial charge in [0, 0.05) is 17.2 Å². The van der Waals surface area contributed by atoms with Crippen molar-refractivity contribution in [1.29, 1.82) is 0 Å². The summed E-state index contributed by atoms with van der Waals surface area (Å²) in [6.07, 6.45) is -6.31. The highest BCUT2D eigenvalue weighted by molar-refractivity contribution is 6.32. The van der Waals surface area contributed by atoms with E-state index in [1.807, 2.05) is 0 Å². The van der Waals surface area contributed by atoms with Gasteiger partial charge in [-0.15, -0.1) is 31.4 Å². The topological polar surface area (TPSA) is 18.5 Å². The van der Waals surface area contributed by atoms with Crippen molar-refractivity contribution in [3.63, 3.8) is 0 Å². The molecule has 0 spiro atoms. The summed E-state index contributed by atoms with van der Waals surface area (Å²) in [4.78, 5) is 0. The highest BCUT2D eigenvalue weighted by Gasteiger charge is 2.51. The maximum absolute atomic E-state index is 15.0. The third-order valence-corrected chi connectivity index (χ3v) is 7.54. The predicted molar refractivity (Wildman–Crippen MR) is 152 cm³/mol. The van der Waals surface area contributed by atoms with Crippen molar-refractivity contribution < 1.29 is 49.0 Å². The molecule has 4 rings (SSSR count). The summed E-state index contributed by atoms with van der Waals surface area (Å²) in [5, 5.41) is -1.73. The van der Waals surface area contributed by atoms with Crippen LogP contribution in [0.1, 0.15) is 24.0 Å². The first-order valence-corrected chi connectivity index (χ1v) is 14.1. The molecule has 45 heavy (non-hydrogen) atoms. The lowest BCUT2D eigenvalue weighted by Crippen LogP contribution is -2.39. The van der Waals surface area contributed by atoms with Crippen LogP contribution in [0.5, 0.6) is 0 Å². The Morgan fingerprint density at radius 1 is 1.02 bits per heavy atom. The van der Waals surface area contributed by atoms with Gasteiger partial charge in [-0.2, -0.15) is 8.78 Å². The minimum absolute atomic E-state index is 0.0666. The monoisotopic (exact) mass is 680 g/mol. The van der Waals surface area contributed by atoms with Crippen molar-refractivity contribution in [3.05, 3.63) is 112 Å². The number of halogens is 11. The van der Waals surface area contributed by atoms with Gasteiger partial charge in [0.15, 0.2) is 0 Å². The lowest BCUT2D eigenvalue weighted by atomic mass is 9.89. The number of benzene rings is 1. The Labute approximate surface area is 262 Å². The Bertz CT molecular complexity index is 1570. The number of rotatable bonds is 8. The summed E-state index contributed by atoms with van der Waals surface area (Å²) in [5.74, 6) is -3.00. The molecule has 0 amide bonds. The van der Waals surface area contributed by atoms with E-state index in [9.17, 15) is 30.7 Å². The second-order valence-corrected chi connectivity index (χ2v) is 11.1. The molecule has 1 aromatic carbocycles. The highest BCUT2D eigenvalue weighted by atomic mass is 35.5. The molecule has 0 fully saturated rings. The van der Waals surface area contributed by atoms with Crippen LogP contribution in [-0.4, -0.2) is 30.1 Å². The van der Waals surface area contributed by atoms with Crippen LogP contribution in [0.3, 0.4) is 0 Å². The van der Waals surface area contributed by atoms with E-state index in [1.165, 1.54) is 12.1 Å². The zero-order valence-corrected chi connectivity index (χ0v) is 24.5. The highest BCUT2D eigenvalue weighted by Crippen LogP contribution is 2.44. The molecule has 240 valence electrons. The average molecular weight is 681 g/mol. The number of hydrogen-bond acceptors (Lipinski definition) is 2. The van der Waals surface area contributed by atoms with Crippen LogP contribution in [0.25, 0.3) is 5.57 Å². The molecule has 0 saturated carbocycles. The Balaban J connectivity index is 1.42. The first-order chi connectivity index (χ1) is 21.1. The summed E-state index contributed by atoms with van der Waals surface area (Å²) in [5.41, 5.74) is 0.238. The standard InChI is InChI=1S/C32H23Cl2F9O2/c1-2-3-4-17-6-10-22(26(36)13-17)20-14-27(37)29(28(38)15-20)31(39,40)44-21-9-8-19(25(35)16-21)7-5-18-11-23(33)30(24(34)12-18)45-32(41,42)43/h2,6,9-16,19,23,27,29-30H,1,3-4,8H2. The van der Waals surface area contributed by atoms with Gasteiger partial charge in [0.1, 0.15) is 41.4 Å². The minimum Gasteiger partial charge on any atom is -0.432 e. The summed E-state index contributed by atoms with van der Waals surface area (Å²) in [7, 11) is 0. The second-order valence-electron chi connectivity index (χ2n) is 10.2. The molecule has 3 aliphatic rings. The minimum atomic E-state index is -5.00. The molecule has 3 aliphatic carbocycles. The first-order valence-electron chi connectivity index (χ1n) is 13.3. The van der Waals surface area contributed by atoms with Gasteiger partial charge in [-0.3, -0.25) is 4.74 Å². The van der Waals surface area contributed by atoms with E-state index in [0.717, 1.165) is 18.2 Å². The zero-order valence-electron chi connectivity index (χ0n) is 23.0.